The van der Waals surface area contributed by atoms with Crippen molar-refractivity contribution in [2.24, 2.45) is 5.14 Å². The maximum absolute atomic E-state index is 11.8. The monoisotopic (exact) mass is 411 g/mol. The number of fused-ring (bicyclic) bond motifs is 1. The zero-order chi connectivity index (χ0) is 21.6. The number of sulfonamides is 1. The van der Waals surface area contributed by atoms with Crippen molar-refractivity contribution < 1.29 is 8.42 Å². The minimum absolute atomic E-state index is 0.174. The molecule has 0 spiro atoms. The topological polar surface area (TPSA) is 60.2 Å². The highest BCUT2D eigenvalue weighted by Crippen LogP contribution is 2.46. The Balaban J connectivity index is 2.03. The van der Waals surface area contributed by atoms with E-state index in [1.54, 1.807) is 6.07 Å². The Hall–Kier alpha value is -1.91. The van der Waals surface area contributed by atoms with Gasteiger partial charge in [0.15, 0.2) is 0 Å². The van der Waals surface area contributed by atoms with E-state index in [1.807, 2.05) is 19.1 Å². The predicted octanol–water partition coefficient (Wildman–Crippen LogP) is 5.81. The van der Waals surface area contributed by atoms with Gasteiger partial charge in [0.25, 0.3) is 0 Å². The molecule has 0 saturated carbocycles. The quantitative estimate of drug-likeness (QED) is 0.646. The third kappa shape index (κ3) is 4.34. The average molecular weight is 412 g/mol. The van der Waals surface area contributed by atoms with Gasteiger partial charge in [-0.15, -0.1) is 0 Å². The maximum Gasteiger partial charge on any atom is 0.238 e. The number of benzene rings is 2. The van der Waals surface area contributed by atoms with Gasteiger partial charge in [0.2, 0.25) is 10.0 Å². The number of hydrogen-bond donors (Lipinski definition) is 1. The van der Waals surface area contributed by atoms with Crippen molar-refractivity contribution in [3.8, 4) is 0 Å². The molecule has 2 aromatic rings. The van der Waals surface area contributed by atoms with Crippen LogP contribution >= 0.6 is 0 Å². The Morgan fingerprint density at radius 2 is 1.62 bits per heavy atom. The molecule has 2 N–H and O–H groups in total. The molecule has 0 atom stereocenters. The molecule has 2 aromatic carbocycles. The van der Waals surface area contributed by atoms with Crippen LogP contribution in [0.15, 0.2) is 41.3 Å². The second-order valence-corrected chi connectivity index (χ2v) is 11.2. The summed E-state index contributed by atoms with van der Waals surface area (Å²) < 4.78 is 23.6. The lowest BCUT2D eigenvalue weighted by atomic mass is 9.63. The zero-order valence-corrected chi connectivity index (χ0v) is 19.3. The van der Waals surface area contributed by atoms with Crippen molar-refractivity contribution in [2.75, 3.05) is 0 Å². The lowest BCUT2D eigenvalue weighted by Gasteiger charge is -2.42. The Kier molecular flexibility index (Phi) is 5.57. The highest BCUT2D eigenvalue weighted by Gasteiger charge is 2.36. The van der Waals surface area contributed by atoms with Crippen molar-refractivity contribution in [2.45, 2.75) is 76.5 Å². The van der Waals surface area contributed by atoms with Gasteiger partial charge < -0.3 is 0 Å². The number of primary sulfonamides is 1. The molecule has 0 saturated heterocycles. The number of nitrogens with two attached hydrogens (primary N) is 1. The summed E-state index contributed by atoms with van der Waals surface area (Å²) in [5.74, 6) is 0. The van der Waals surface area contributed by atoms with Crippen LogP contribution in [-0.4, -0.2) is 8.42 Å². The molecule has 0 radical (unpaired) electrons. The Bertz CT molecular complexity index is 1080. The molecule has 0 amide bonds. The van der Waals surface area contributed by atoms with Gasteiger partial charge in [0, 0.05) is 0 Å². The summed E-state index contributed by atoms with van der Waals surface area (Å²) in [6.07, 6.45) is 5.13. The van der Waals surface area contributed by atoms with Crippen LogP contribution in [0.4, 0.5) is 0 Å². The minimum Gasteiger partial charge on any atom is -0.225 e. The smallest absolute Gasteiger partial charge is 0.225 e. The van der Waals surface area contributed by atoms with E-state index in [4.69, 9.17) is 5.14 Å². The fourth-order valence-corrected chi connectivity index (χ4v) is 5.24. The summed E-state index contributed by atoms with van der Waals surface area (Å²) in [6.45, 7) is 13.4. The molecule has 0 unspecified atom stereocenters. The molecule has 0 aromatic heterocycles. The maximum atomic E-state index is 11.8. The third-order valence-electron chi connectivity index (χ3n) is 6.46. The van der Waals surface area contributed by atoms with Gasteiger partial charge >= 0.3 is 0 Å². The van der Waals surface area contributed by atoms with Crippen LogP contribution < -0.4 is 5.14 Å². The fourth-order valence-electron chi connectivity index (χ4n) is 4.41. The van der Waals surface area contributed by atoms with Crippen molar-refractivity contribution >= 4 is 21.7 Å². The molecular weight excluding hydrogens is 378 g/mol. The lowest BCUT2D eigenvalue weighted by molar-refractivity contribution is 0.332. The summed E-state index contributed by atoms with van der Waals surface area (Å²) in [5, 5.41) is 5.34. The largest absolute Gasteiger partial charge is 0.238 e. The molecule has 0 bridgehead atoms. The van der Waals surface area contributed by atoms with Crippen LogP contribution in [0.1, 0.15) is 82.2 Å². The van der Waals surface area contributed by atoms with Crippen LogP contribution in [0.25, 0.3) is 11.6 Å². The van der Waals surface area contributed by atoms with Gasteiger partial charge in [-0.25, -0.2) is 13.6 Å². The average Bonchev–Trinajstić information content (AvgIpc) is 2.64. The van der Waals surface area contributed by atoms with E-state index in [0.717, 1.165) is 16.7 Å². The molecule has 0 aliphatic heterocycles. The molecule has 1 aliphatic rings. The van der Waals surface area contributed by atoms with E-state index >= 15 is 0 Å². The molecule has 4 heteroatoms. The van der Waals surface area contributed by atoms with E-state index in [0.29, 0.717) is 6.42 Å². The molecule has 0 heterocycles. The predicted molar refractivity (Wildman–Crippen MR) is 122 cm³/mol. The first-order valence-electron chi connectivity index (χ1n) is 10.3. The summed E-state index contributed by atoms with van der Waals surface area (Å²) in [7, 11) is -3.70. The molecule has 3 nitrogen and oxygen atoms in total. The molecule has 156 valence electrons. The van der Waals surface area contributed by atoms with Gasteiger partial charge in [-0.2, -0.15) is 0 Å². The van der Waals surface area contributed by atoms with Gasteiger partial charge in [-0.05, 0) is 76.5 Å². The zero-order valence-electron chi connectivity index (χ0n) is 18.5. The molecule has 0 fully saturated rings. The normalized spacial score (nSPS) is 18.4. The third-order valence-corrected chi connectivity index (χ3v) is 7.47. The number of rotatable bonds is 4. The highest BCUT2D eigenvalue weighted by atomic mass is 32.2. The first-order valence-corrected chi connectivity index (χ1v) is 11.9. The molecule has 3 rings (SSSR count). The Morgan fingerprint density at radius 3 is 2.21 bits per heavy atom. The molecular formula is C25H33NO2S. The number of allylic oxidation sites excluding steroid dienone is 1. The van der Waals surface area contributed by atoms with Gasteiger partial charge in [0.1, 0.15) is 0 Å². The Labute approximate surface area is 176 Å². The SMILES string of the molecule is CCc1cc(C=C(C)c2ccc3c(c2)C(C)(C)CCC3(C)C)ccc1S(N)(=O)=O. The summed E-state index contributed by atoms with van der Waals surface area (Å²) in [6, 6.07) is 12.2. The van der Waals surface area contributed by atoms with E-state index in [1.165, 1.54) is 29.5 Å². The van der Waals surface area contributed by atoms with Gasteiger partial charge in [-0.1, -0.05) is 71.0 Å². The fraction of sp³-hybridized carbons (Fsp3) is 0.440. The van der Waals surface area contributed by atoms with Crippen LogP contribution in [-0.2, 0) is 27.3 Å². The van der Waals surface area contributed by atoms with Crippen LogP contribution in [0.5, 0.6) is 0 Å². The number of aryl methyl sites for hydroxylation is 1. The second kappa shape index (κ2) is 7.41. The van der Waals surface area contributed by atoms with Crippen LogP contribution in [0, 0.1) is 0 Å². The van der Waals surface area contributed by atoms with Gasteiger partial charge in [-0.3, -0.25) is 0 Å². The Morgan fingerprint density at radius 1 is 1.00 bits per heavy atom. The summed E-state index contributed by atoms with van der Waals surface area (Å²) >= 11 is 0. The molecule has 1 aliphatic carbocycles. The van der Waals surface area contributed by atoms with E-state index in [9.17, 15) is 8.42 Å². The minimum atomic E-state index is -3.70. The standard InChI is InChI=1S/C25H33NO2S/c1-7-19-15-18(8-11-23(19)29(26,27)28)14-17(2)20-9-10-21-22(16-20)25(5,6)13-12-24(21,3)4/h8-11,14-16H,7,12-13H2,1-6H3,(H2,26,27,28). The second-order valence-electron chi connectivity index (χ2n) is 9.62. The van der Waals surface area contributed by atoms with E-state index in [-0.39, 0.29) is 15.7 Å². The van der Waals surface area contributed by atoms with E-state index < -0.39 is 10.0 Å². The lowest BCUT2D eigenvalue weighted by Crippen LogP contribution is -2.33. The summed E-state index contributed by atoms with van der Waals surface area (Å²) in [4.78, 5) is 0.215. The number of hydrogen-bond acceptors (Lipinski definition) is 2. The molecule has 29 heavy (non-hydrogen) atoms. The first kappa shape index (κ1) is 21.8. The highest BCUT2D eigenvalue weighted by molar-refractivity contribution is 7.89. The summed E-state index contributed by atoms with van der Waals surface area (Å²) in [5.41, 5.74) is 7.40. The van der Waals surface area contributed by atoms with Crippen molar-refractivity contribution in [1.82, 2.24) is 0 Å². The van der Waals surface area contributed by atoms with Crippen LogP contribution in [0.2, 0.25) is 0 Å². The van der Waals surface area contributed by atoms with Crippen molar-refractivity contribution in [3.63, 3.8) is 0 Å². The van der Waals surface area contributed by atoms with Gasteiger partial charge in [0.05, 0.1) is 4.90 Å². The van der Waals surface area contributed by atoms with E-state index in [2.05, 4.69) is 58.9 Å². The first-order chi connectivity index (χ1) is 13.3. The van der Waals surface area contributed by atoms with Crippen LogP contribution in [0.3, 0.4) is 0 Å². The van der Waals surface area contributed by atoms with Crippen molar-refractivity contribution in [1.29, 1.82) is 0 Å². The van der Waals surface area contributed by atoms with Crippen molar-refractivity contribution in [3.05, 3.63) is 64.2 Å².